The van der Waals surface area contributed by atoms with Gasteiger partial charge in [-0.1, -0.05) is 19.8 Å². The third-order valence-electron chi connectivity index (χ3n) is 4.64. The summed E-state index contributed by atoms with van der Waals surface area (Å²) in [6.07, 6.45) is 10.8. The van der Waals surface area contributed by atoms with Gasteiger partial charge in [0.15, 0.2) is 0 Å². The average molecular weight is 210 g/mol. The molecule has 2 unspecified atom stereocenters. The van der Waals surface area contributed by atoms with Crippen molar-refractivity contribution < 1.29 is 0 Å². The summed E-state index contributed by atoms with van der Waals surface area (Å²) < 4.78 is 0. The Morgan fingerprint density at radius 3 is 2.60 bits per heavy atom. The zero-order valence-electron chi connectivity index (χ0n) is 10.1. The first-order valence-corrected chi connectivity index (χ1v) is 6.73. The van der Waals surface area contributed by atoms with Crippen molar-refractivity contribution in [2.45, 2.75) is 70.4 Å². The molecule has 2 aliphatic rings. The highest BCUT2D eigenvalue weighted by Gasteiger charge is 2.35. The maximum Gasteiger partial charge on any atom is 0.00820 e. The van der Waals surface area contributed by atoms with E-state index in [0.717, 1.165) is 0 Å². The Balaban J connectivity index is 1.72. The molecule has 2 aliphatic carbocycles. The predicted molar refractivity (Wildman–Crippen MR) is 64.8 cm³/mol. The zero-order chi connectivity index (χ0) is 10.7. The van der Waals surface area contributed by atoms with Gasteiger partial charge in [0.05, 0.1) is 0 Å². The molecule has 2 heteroatoms. The molecule has 2 nitrogen and oxygen atoms in total. The van der Waals surface area contributed by atoms with E-state index in [0.29, 0.717) is 17.5 Å². The number of hydrogen-bond donors (Lipinski definition) is 2. The van der Waals surface area contributed by atoms with Crippen molar-refractivity contribution in [3.63, 3.8) is 0 Å². The third kappa shape index (κ3) is 2.73. The van der Waals surface area contributed by atoms with Gasteiger partial charge in [-0.25, -0.2) is 0 Å². The lowest BCUT2D eigenvalue weighted by Crippen LogP contribution is -2.46. The van der Waals surface area contributed by atoms with E-state index < -0.39 is 0 Å². The van der Waals surface area contributed by atoms with Crippen molar-refractivity contribution in [1.82, 2.24) is 5.32 Å². The van der Waals surface area contributed by atoms with Crippen LogP contribution in [-0.2, 0) is 0 Å². The second kappa shape index (κ2) is 4.84. The number of rotatable bonds is 4. The van der Waals surface area contributed by atoms with Gasteiger partial charge < -0.3 is 11.1 Å². The van der Waals surface area contributed by atoms with Crippen LogP contribution in [0.25, 0.3) is 0 Å². The van der Waals surface area contributed by atoms with Crippen LogP contribution in [0, 0.1) is 5.41 Å². The van der Waals surface area contributed by atoms with Gasteiger partial charge in [-0.05, 0) is 43.9 Å². The first-order valence-electron chi connectivity index (χ1n) is 6.73. The van der Waals surface area contributed by atoms with E-state index in [-0.39, 0.29) is 0 Å². The van der Waals surface area contributed by atoms with Gasteiger partial charge in [-0.15, -0.1) is 0 Å². The molecule has 0 saturated heterocycles. The number of hydrogen-bond acceptors (Lipinski definition) is 2. The van der Waals surface area contributed by atoms with E-state index in [1.165, 1.54) is 57.9 Å². The van der Waals surface area contributed by atoms with E-state index in [1.54, 1.807) is 0 Å². The molecule has 0 aromatic carbocycles. The zero-order valence-corrected chi connectivity index (χ0v) is 10.1. The monoisotopic (exact) mass is 210 g/mol. The van der Waals surface area contributed by atoms with Crippen LogP contribution >= 0.6 is 0 Å². The first-order chi connectivity index (χ1) is 7.24. The normalized spacial score (nSPS) is 34.8. The van der Waals surface area contributed by atoms with Crippen LogP contribution in [0.1, 0.15) is 58.3 Å². The lowest BCUT2D eigenvalue weighted by Gasteiger charge is -2.43. The first kappa shape index (κ1) is 11.4. The fourth-order valence-electron chi connectivity index (χ4n) is 3.11. The van der Waals surface area contributed by atoms with Gasteiger partial charge in [0.1, 0.15) is 0 Å². The van der Waals surface area contributed by atoms with E-state index in [2.05, 4.69) is 12.2 Å². The molecular weight excluding hydrogens is 184 g/mol. The minimum atomic E-state index is 0.454. The molecule has 0 bridgehead atoms. The molecule has 0 spiro atoms. The summed E-state index contributed by atoms with van der Waals surface area (Å²) in [5.41, 5.74) is 6.66. The lowest BCUT2D eigenvalue weighted by atomic mass is 9.67. The Kier molecular flexibility index (Phi) is 3.68. The Labute approximate surface area is 94.0 Å². The summed E-state index contributed by atoms with van der Waals surface area (Å²) >= 11 is 0. The van der Waals surface area contributed by atoms with Gasteiger partial charge in [0, 0.05) is 18.6 Å². The minimum Gasteiger partial charge on any atom is -0.328 e. The SMILES string of the molecule is CCC1(CNC2CCCC(N)C2)CCC1. The molecule has 2 atom stereocenters. The van der Waals surface area contributed by atoms with Crippen LogP contribution in [-0.4, -0.2) is 18.6 Å². The molecule has 3 N–H and O–H groups in total. The van der Waals surface area contributed by atoms with Crippen LogP contribution in [0.3, 0.4) is 0 Å². The quantitative estimate of drug-likeness (QED) is 0.748. The predicted octanol–water partition coefficient (Wildman–Crippen LogP) is 2.43. The van der Waals surface area contributed by atoms with Gasteiger partial charge in [-0.2, -0.15) is 0 Å². The standard InChI is InChI=1S/C13H26N2/c1-2-13(7-4-8-13)10-15-12-6-3-5-11(14)9-12/h11-12,15H,2-10,14H2,1H3. The summed E-state index contributed by atoms with van der Waals surface area (Å²) in [7, 11) is 0. The van der Waals surface area contributed by atoms with Crippen molar-refractivity contribution in [2.75, 3.05) is 6.54 Å². The van der Waals surface area contributed by atoms with Crippen LogP contribution in [0.5, 0.6) is 0 Å². The van der Waals surface area contributed by atoms with Gasteiger partial charge in [0.25, 0.3) is 0 Å². The highest BCUT2D eigenvalue weighted by atomic mass is 14.9. The molecule has 0 radical (unpaired) electrons. The Bertz CT molecular complexity index is 193. The van der Waals surface area contributed by atoms with Crippen LogP contribution in [0.15, 0.2) is 0 Å². The Hall–Kier alpha value is -0.0800. The molecule has 0 aromatic heterocycles. The second-order valence-corrected chi connectivity index (χ2v) is 5.71. The highest BCUT2D eigenvalue weighted by molar-refractivity contribution is 4.90. The fraction of sp³-hybridized carbons (Fsp3) is 1.00. The summed E-state index contributed by atoms with van der Waals surface area (Å²) in [5.74, 6) is 0. The smallest absolute Gasteiger partial charge is 0.00820 e. The van der Waals surface area contributed by atoms with E-state index in [9.17, 15) is 0 Å². The van der Waals surface area contributed by atoms with E-state index in [4.69, 9.17) is 5.73 Å². The van der Waals surface area contributed by atoms with Crippen molar-refractivity contribution in [3.05, 3.63) is 0 Å². The maximum absolute atomic E-state index is 6.00. The van der Waals surface area contributed by atoms with Gasteiger partial charge in [0.2, 0.25) is 0 Å². The lowest BCUT2D eigenvalue weighted by molar-refractivity contribution is 0.115. The fourth-order valence-corrected chi connectivity index (χ4v) is 3.11. The summed E-state index contributed by atoms with van der Waals surface area (Å²) in [6, 6.07) is 1.16. The molecule has 0 amide bonds. The molecule has 2 rings (SSSR count). The molecule has 15 heavy (non-hydrogen) atoms. The number of nitrogens with one attached hydrogen (secondary N) is 1. The summed E-state index contributed by atoms with van der Waals surface area (Å²) in [4.78, 5) is 0. The van der Waals surface area contributed by atoms with Gasteiger partial charge in [-0.3, -0.25) is 0 Å². The molecule has 0 aromatic rings. The highest BCUT2D eigenvalue weighted by Crippen LogP contribution is 2.43. The Morgan fingerprint density at radius 2 is 2.07 bits per heavy atom. The molecule has 88 valence electrons. The number of nitrogens with two attached hydrogens (primary N) is 1. The van der Waals surface area contributed by atoms with Crippen molar-refractivity contribution in [3.8, 4) is 0 Å². The molecule has 2 fully saturated rings. The minimum absolute atomic E-state index is 0.454. The topological polar surface area (TPSA) is 38.0 Å². The largest absolute Gasteiger partial charge is 0.328 e. The van der Waals surface area contributed by atoms with Gasteiger partial charge >= 0.3 is 0 Å². The molecular formula is C13H26N2. The molecule has 0 aliphatic heterocycles. The maximum atomic E-state index is 6.00. The molecule has 0 heterocycles. The van der Waals surface area contributed by atoms with Crippen LogP contribution in [0.4, 0.5) is 0 Å². The second-order valence-electron chi connectivity index (χ2n) is 5.71. The van der Waals surface area contributed by atoms with Crippen molar-refractivity contribution in [1.29, 1.82) is 0 Å². The summed E-state index contributed by atoms with van der Waals surface area (Å²) in [6.45, 7) is 3.58. The van der Waals surface area contributed by atoms with Crippen LogP contribution in [0.2, 0.25) is 0 Å². The molecule has 2 saturated carbocycles. The van der Waals surface area contributed by atoms with Crippen molar-refractivity contribution in [2.24, 2.45) is 11.1 Å². The van der Waals surface area contributed by atoms with E-state index >= 15 is 0 Å². The summed E-state index contributed by atoms with van der Waals surface area (Å²) in [5, 5.41) is 3.77. The van der Waals surface area contributed by atoms with Crippen LogP contribution < -0.4 is 11.1 Å². The van der Waals surface area contributed by atoms with E-state index in [1.807, 2.05) is 0 Å². The Morgan fingerprint density at radius 1 is 1.27 bits per heavy atom. The average Bonchev–Trinajstić information content (AvgIpc) is 2.17. The third-order valence-corrected chi connectivity index (χ3v) is 4.64. The van der Waals surface area contributed by atoms with Crippen molar-refractivity contribution >= 4 is 0 Å².